The summed E-state index contributed by atoms with van der Waals surface area (Å²) in [6.07, 6.45) is 0. The number of amides is 1. The number of alkyl halides is 1. The van der Waals surface area contributed by atoms with Gasteiger partial charge in [-0.2, -0.15) is 0 Å². The van der Waals surface area contributed by atoms with Gasteiger partial charge in [-0.3, -0.25) is 9.59 Å². The number of rotatable bonds is 3. The Kier molecular flexibility index (Phi) is 4.03. The number of carbonyl (C=O) groups excluding carboxylic acids is 2. The monoisotopic (exact) mass is 163 g/mol. The molecule has 0 saturated heterocycles. The van der Waals surface area contributed by atoms with Gasteiger partial charge in [-0.15, -0.1) is 11.6 Å². The highest BCUT2D eigenvalue weighted by molar-refractivity contribution is 6.28. The van der Waals surface area contributed by atoms with Gasteiger partial charge in [0.1, 0.15) is 0 Å². The van der Waals surface area contributed by atoms with Crippen molar-refractivity contribution in [1.82, 2.24) is 5.32 Å². The van der Waals surface area contributed by atoms with Crippen LogP contribution in [0.15, 0.2) is 0 Å². The molecule has 0 spiro atoms. The SMILES string of the molecule is CC(=O)N[C@@H](C)C(=O)CCl. The van der Waals surface area contributed by atoms with Gasteiger partial charge < -0.3 is 5.32 Å². The topological polar surface area (TPSA) is 46.2 Å². The highest BCUT2D eigenvalue weighted by Gasteiger charge is 2.10. The zero-order valence-electron chi connectivity index (χ0n) is 5.98. The molecule has 0 radical (unpaired) electrons. The Morgan fingerprint density at radius 3 is 2.40 bits per heavy atom. The Labute approximate surface area is 64.7 Å². The van der Waals surface area contributed by atoms with Gasteiger partial charge >= 0.3 is 0 Å². The molecule has 0 heterocycles. The van der Waals surface area contributed by atoms with Gasteiger partial charge in [0.05, 0.1) is 11.9 Å². The van der Waals surface area contributed by atoms with Gasteiger partial charge in [-0.1, -0.05) is 0 Å². The quantitative estimate of drug-likeness (QED) is 0.609. The molecule has 1 amide bonds. The average molecular weight is 164 g/mol. The maximum atomic E-state index is 10.7. The summed E-state index contributed by atoms with van der Waals surface area (Å²) in [5.74, 6) is -0.440. The lowest BCUT2D eigenvalue weighted by molar-refractivity contribution is -0.125. The van der Waals surface area contributed by atoms with Crippen LogP contribution in [0.2, 0.25) is 0 Å². The van der Waals surface area contributed by atoms with Crippen LogP contribution in [0.5, 0.6) is 0 Å². The number of hydrogen-bond donors (Lipinski definition) is 1. The lowest BCUT2D eigenvalue weighted by Crippen LogP contribution is -2.37. The second kappa shape index (κ2) is 4.28. The van der Waals surface area contributed by atoms with Crippen LogP contribution >= 0.6 is 11.6 Å². The molecule has 4 heteroatoms. The fraction of sp³-hybridized carbons (Fsp3) is 0.667. The summed E-state index contributed by atoms with van der Waals surface area (Å²) >= 11 is 5.23. The van der Waals surface area contributed by atoms with Crippen LogP contribution in [0.4, 0.5) is 0 Å². The first-order chi connectivity index (χ1) is 4.57. The Hall–Kier alpha value is -0.570. The minimum Gasteiger partial charge on any atom is -0.347 e. The summed E-state index contributed by atoms with van der Waals surface area (Å²) in [6.45, 7) is 2.96. The van der Waals surface area contributed by atoms with Gasteiger partial charge in [-0.25, -0.2) is 0 Å². The van der Waals surface area contributed by atoms with Gasteiger partial charge in [-0.05, 0) is 6.92 Å². The van der Waals surface area contributed by atoms with Crippen LogP contribution in [0, 0.1) is 0 Å². The average Bonchev–Trinajstić information content (AvgIpc) is 1.85. The zero-order chi connectivity index (χ0) is 8.15. The van der Waals surface area contributed by atoms with Crippen LogP contribution in [-0.4, -0.2) is 23.6 Å². The largest absolute Gasteiger partial charge is 0.347 e. The van der Waals surface area contributed by atoms with Crippen molar-refractivity contribution in [3.05, 3.63) is 0 Å². The third-order valence-corrected chi connectivity index (χ3v) is 1.30. The van der Waals surface area contributed by atoms with Crippen LogP contribution in [0.25, 0.3) is 0 Å². The molecule has 10 heavy (non-hydrogen) atoms. The Balaban J connectivity index is 3.72. The summed E-state index contributed by atoms with van der Waals surface area (Å²) < 4.78 is 0. The van der Waals surface area contributed by atoms with Crippen LogP contribution in [0.1, 0.15) is 13.8 Å². The highest BCUT2D eigenvalue weighted by atomic mass is 35.5. The zero-order valence-corrected chi connectivity index (χ0v) is 6.73. The summed E-state index contributed by atoms with van der Waals surface area (Å²) in [7, 11) is 0. The number of ketones is 1. The molecular formula is C6H10ClNO2. The summed E-state index contributed by atoms with van der Waals surface area (Å²) in [5, 5.41) is 2.42. The normalized spacial score (nSPS) is 12.3. The molecule has 1 atom stereocenters. The van der Waals surface area contributed by atoms with E-state index in [1.807, 2.05) is 0 Å². The highest BCUT2D eigenvalue weighted by Crippen LogP contribution is 1.87. The van der Waals surface area contributed by atoms with E-state index in [-0.39, 0.29) is 17.6 Å². The molecule has 3 nitrogen and oxygen atoms in total. The van der Waals surface area contributed by atoms with Crippen molar-refractivity contribution in [3.8, 4) is 0 Å². The Bertz CT molecular complexity index is 147. The van der Waals surface area contributed by atoms with Crippen LogP contribution < -0.4 is 5.32 Å². The summed E-state index contributed by atoms with van der Waals surface area (Å²) in [4.78, 5) is 21.1. The number of carbonyl (C=O) groups is 2. The Morgan fingerprint density at radius 2 is 2.10 bits per heavy atom. The van der Waals surface area contributed by atoms with E-state index < -0.39 is 6.04 Å². The number of halogens is 1. The van der Waals surface area contributed by atoms with Crippen molar-refractivity contribution in [2.45, 2.75) is 19.9 Å². The van der Waals surface area contributed by atoms with Crippen molar-refractivity contribution in [2.75, 3.05) is 5.88 Å². The van der Waals surface area contributed by atoms with E-state index in [1.165, 1.54) is 6.92 Å². The van der Waals surface area contributed by atoms with Crippen molar-refractivity contribution in [1.29, 1.82) is 0 Å². The van der Waals surface area contributed by atoms with E-state index in [4.69, 9.17) is 11.6 Å². The second-order valence-corrected chi connectivity index (χ2v) is 2.29. The predicted octanol–water partition coefficient (Wildman–Crippen LogP) is 0.319. The van der Waals surface area contributed by atoms with Crippen LogP contribution in [0.3, 0.4) is 0 Å². The molecular weight excluding hydrogens is 154 g/mol. The summed E-state index contributed by atoms with van der Waals surface area (Å²) in [6, 6.07) is -0.463. The maximum absolute atomic E-state index is 10.7. The third-order valence-electron chi connectivity index (χ3n) is 1.03. The van der Waals surface area contributed by atoms with E-state index in [1.54, 1.807) is 6.92 Å². The first-order valence-electron chi connectivity index (χ1n) is 2.93. The molecule has 0 fully saturated rings. The van der Waals surface area contributed by atoms with E-state index >= 15 is 0 Å². The molecule has 58 valence electrons. The number of hydrogen-bond acceptors (Lipinski definition) is 2. The maximum Gasteiger partial charge on any atom is 0.217 e. The minimum absolute atomic E-state index is 0.0541. The molecule has 1 N–H and O–H groups in total. The lowest BCUT2D eigenvalue weighted by atomic mass is 10.2. The van der Waals surface area contributed by atoms with Gasteiger partial charge in [0.25, 0.3) is 0 Å². The number of Topliss-reactive ketones (excluding diaryl/α,β-unsaturated/α-hetero) is 1. The first kappa shape index (κ1) is 9.43. The van der Waals surface area contributed by atoms with Gasteiger partial charge in [0.15, 0.2) is 5.78 Å². The molecule has 0 aliphatic carbocycles. The van der Waals surface area contributed by atoms with Crippen molar-refractivity contribution in [3.63, 3.8) is 0 Å². The van der Waals surface area contributed by atoms with E-state index in [0.717, 1.165) is 0 Å². The fourth-order valence-electron chi connectivity index (χ4n) is 0.501. The molecule has 0 aromatic rings. The van der Waals surface area contributed by atoms with Gasteiger partial charge in [0, 0.05) is 6.92 Å². The fourth-order valence-corrected chi connectivity index (χ4v) is 0.733. The molecule has 0 aliphatic rings. The minimum atomic E-state index is -0.463. The summed E-state index contributed by atoms with van der Waals surface area (Å²) in [5.41, 5.74) is 0. The molecule has 0 aromatic heterocycles. The van der Waals surface area contributed by atoms with Gasteiger partial charge in [0.2, 0.25) is 5.91 Å². The van der Waals surface area contributed by atoms with E-state index in [9.17, 15) is 9.59 Å². The molecule has 0 aromatic carbocycles. The molecule has 0 unspecified atom stereocenters. The van der Waals surface area contributed by atoms with Crippen molar-refractivity contribution >= 4 is 23.3 Å². The van der Waals surface area contributed by atoms with Crippen LogP contribution in [-0.2, 0) is 9.59 Å². The predicted molar refractivity (Wildman–Crippen MR) is 39.0 cm³/mol. The third kappa shape index (κ3) is 3.45. The standard InChI is InChI=1S/C6H10ClNO2/c1-4(6(10)3-7)8-5(2)9/h4H,3H2,1-2H3,(H,8,9)/t4-/m0/s1. The Morgan fingerprint density at radius 1 is 1.60 bits per heavy atom. The smallest absolute Gasteiger partial charge is 0.217 e. The molecule has 0 aliphatic heterocycles. The van der Waals surface area contributed by atoms with Crippen molar-refractivity contribution in [2.24, 2.45) is 0 Å². The molecule has 0 saturated carbocycles. The lowest BCUT2D eigenvalue weighted by Gasteiger charge is -2.07. The molecule has 0 rings (SSSR count). The molecule has 0 bridgehead atoms. The second-order valence-electron chi connectivity index (χ2n) is 2.02. The first-order valence-corrected chi connectivity index (χ1v) is 3.47. The van der Waals surface area contributed by atoms with Crippen molar-refractivity contribution < 1.29 is 9.59 Å². The van der Waals surface area contributed by atoms with E-state index in [2.05, 4.69) is 5.32 Å². The number of nitrogens with one attached hydrogen (secondary N) is 1. The van der Waals surface area contributed by atoms with E-state index in [0.29, 0.717) is 0 Å².